The summed E-state index contributed by atoms with van der Waals surface area (Å²) in [5.74, 6) is -0.426. The van der Waals surface area contributed by atoms with Crippen LogP contribution in [0, 0.1) is 0 Å². The Balaban J connectivity index is 1.84. The average Bonchev–Trinajstić information content (AvgIpc) is 2.49. The molecule has 0 saturated heterocycles. The molecule has 1 rings (SSSR count). The van der Waals surface area contributed by atoms with Crippen LogP contribution in [0.15, 0.2) is 30.3 Å². The molecule has 4 heteroatoms. The Kier molecular flexibility index (Phi) is 9.25. The van der Waals surface area contributed by atoms with E-state index in [0.29, 0.717) is 6.42 Å². The third-order valence-electron chi connectivity index (χ3n) is 3.38. The van der Waals surface area contributed by atoms with Gasteiger partial charge in [0.05, 0.1) is 6.61 Å². The van der Waals surface area contributed by atoms with Crippen molar-refractivity contribution in [2.45, 2.75) is 57.5 Å². The van der Waals surface area contributed by atoms with Crippen LogP contribution in [-0.4, -0.2) is 23.9 Å². The van der Waals surface area contributed by atoms with Gasteiger partial charge in [0.25, 0.3) is 0 Å². The van der Waals surface area contributed by atoms with Gasteiger partial charge in [-0.3, -0.25) is 0 Å². The number of rotatable bonds is 12. The molecule has 0 spiro atoms. The van der Waals surface area contributed by atoms with Crippen molar-refractivity contribution in [1.29, 1.82) is 0 Å². The number of ether oxygens (including phenoxy) is 1. The second-order valence-electron chi connectivity index (χ2n) is 5.23. The Bertz CT molecular complexity index is 381. The van der Waals surface area contributed by atoms with E-state index in [1.807, 2.05) is 30.3 Å². The lowest BCUT2D eigenvalue weighted by molar-refractivity contribution is -0.143. The summed E-state index contributed by atoms with van der Waals surface area (Å²) >= 11 is 0. The zero-order valence-corrected chi connectivity index (χ0v) is 12.5. The maximum atomic E-state index is 12.8. The number of aliphatic carboxylic acids is 1. The third kappa shape index (κ3) is 9.05. The number of carboxylic acids is 1. The minimum atomic E-state index is -1.69. The number of benzene rings is 1. The monoisotopic (exact) mass is 296 g/mol. The second kappa shape index (κ2) is 11.1. The predicted octanol–water partition coefficient (Wildman–Crippen LogP) is 4.61. The first-order valence-electron chi connectivity index (χ1n) is 7.75. The third-order valence-corrected chi connectivity index (χ3v) is 3.38. The van der Waals surface area contributed by atoms with Crippen molar-refractivity contribution in [3.63, 3.8) is 0 Å². The molecular formula is C17H25FO3. The van der Waals surface area contributed by atoms with Crippen LogP contribution in [-0.2, 0) is 4.79 Å². The van der Waals surface area contributed by atoms with Crippen molar-refractivity contribution in [2.24, 2.45) is 0 Å². The van der Waals surface area contributed by atoms with E-state index in [1.54, 1.807) is 0 Å². The van der Waals surface area contributed by atoms with E-state index in [4.69, 9.17) is 9.84 Å². The van der Waals surface area contributed by atoms with Gasteiger partial charge in [0, 0.05) is 0 Å². The summed E-state index contributed by atoms with van der Waals surface area (Å²) in [6, 6.07) is 9.79. The molecule has 1 atom stereocenters. The van der Waals surface area contributed by atoms with Gasteiger partial charge in [0.2, 0.25) is 0 Å². The summed E-state index contributed by atoms with van der Waals surface area (Å²) in [7, 11) is 0. The van der Waals surface area contributed by atoms with Gasteiger partial charge in [-0.1, -0.05) is 50.3 Å². The van der Waals surface area contributed by atoms with E-state index in [1.165, 1.54) is 0 Å². The zero-order chi connectivity index (χ0) is 15.3. The highest BCUT2D eigenvalue weighted by molar-refractivity contribution is 5.71. The zero-order valence-electron chi connectivity index (χ0n) is 12.5. The van der Waals surface area contributed by atoms with E-state index in [9.17, 15) is 9.18 Å². The smallest absolute Gasteiger partial charge is 0.338 e. The largest absolute Gasteiger partial charge is 0.494 e. The summed E-state index contributed by atoms with van der Waals surface area (Å²) in [4.78, 5) is 10.3. The van der Waals surface area contributed by atoms with Crippen molar-refractivity contribution < 1.29 is 19.0 Å². The van der Waals surface area contributed by atoms with Crippen molar-refractivity contribution >= 4 is 5.97 Å². The quantitative estimate of drug-likeness (QED) is 0.573. The second-order valence-corrected chi connectivity index (χ2v) is 5.23. The van der Waals surface area contributed by atoms with E-state index in [2.05, 4.69) is 0 Å². The molecule has 1 aromatic carbocycles. The lowest BCUT2D eigenvalue weighted by Crippen LogP contribution is -2.13. The summed E-state index contributed by atoms with van der Waals surface area (Å²) in [6.07, 6.45) is 5.50. The average molecular weight is 296 g/mol. The minimum Gasteiger partial charge on any atom is -0.494 e. The number of unbranched alkanes of at least 4 members (excludes halogenated alkanes) is 6. The SMILES string of the molecule is O=C(O)C(F)CCCCCCCCCOc1ccccc1. The van der Waals surface area contributed by atoms with Crippen LogP contribution >= 0.6 is 0 Å². The van der Waals surface area contributed by atoms with E-state index in [0.717, 1.165) is 50.9 Å². The Morgan fingerprint density at radius 1 is 1.00 bits per heavy atom. The molecule has 118 valence electrons. The number of carboxylic acid groups (broad SMARTS) is 1. The molecule has 21 heavy (non-hydrogen) atoms. The first kappa shape index (κ1) is 17.5. The Morgan fingerprint density at radius 2 is 1.57 bits per heavy atom. The van der Waals surface area contributed by atoms with Gasteiger partial charge in [-0.05, 0) is 31.4 Å². The van der Waals surface area contributed by atoms with Crippen LogP contribution in [0.25, 0.3) is 0 Å². The van der Waals surface area contributed by atoms with Gasteiger partial charge in [-0.15, -0.1) is 0 Å². The highest BCUT2D eigenvalue weighted by atomic mass is 19.1. The molecule has 0 amide bonds. The number of alkyl halides is 1. The summed E-state index contributed by atoms with van der Waals surface area (Å²) in [6.45, 7) is 0.742. The highest BCUT2D eigenvalue weighted by Crippen LogP contribution is 2.12. The van der Waals surface area contributed by atoms with Gasteiger partial charge in [-0.2, -0.15) is 0 Å². The minimum absolute atomic E-state index is 0.139. The fraction of sp³-hybridized carbons (Fsp3) is 0.588. The standard InChI is InChI=1S/C17H25FO3/c18-16(17(19)20)13-9-4-2-1-3-5-10-14-21-15-11-7-6-8-12-15/h6-8,11-12,16H,1-5,9-10,13-14H2,(H,19,20). The number of carbonyl (C=O) groups is 1. The van der Waals surface area contributed by atoms with Crippen LogP contribution in [0.4, 0.5) is 4.39 Å². The van der Waals surface area contributed by atoms with Crippen LogP contribution in [0.5, 0.6) is 5.75 Å². The molecule has 3 nitrogen and oxygen atoms in total. The number of para-hydroxylation sites is 1. The molecule has 0 radical (unpaired) electrons. The molecule has 0 heterocycles. The molecular weight excluding hydrogens is 271 g/mol. The lowest BCUT2D eigenvalue weighted by Gasteiger charge is -2.06. The van der Waals surface area contributed by atoms with Crippen LogP contribution < -0.4 is 4.74 Å². The Morgan fingerprint density at radius 3 is 2.19 bits per heavy atom. The molecule has 0 bridgehead atoms. The first-order valence-corrected chi connectivity index (χ1v) is 7.75. The number of hydrogen-bond donors (Lipinski definition) is 1. The summed E-state index contributed by atoms with van der Waals surface area (Å²) < 4.78 is 18.4. The van der Waals surface area contributed by atoms with Gasteiger partial charge in [0.15, 0.2) is 6.17 Å². The molecule has 1 N–H and O–H groups in total. The van der Waals surface area contributed by atoms with Gasteiger partial charge < -0.3 is 9.84 Å². The molecule has 0 saturated carbocycles. The molecule has 0 fully saturated rings. The lowest BCUT2D eigenvalue weighted by atomic mass is 10.1. The van der Waals surface area contributed by atoms with Crippen molar-refractivity contribution in [3.8, 4) is 5.75 Å². The molecule has 1 aromatic rings. The van der Waals surface area contributed by atoms with Gasteiger partial charge in [-0.25, -0.2) is 9.18 Å². The van der Waals surface area contributed by atoms with Crippen molar-refractivity contribution in [1.82, 2.24) is 0 Å². The topological polar surface area (TPSA) is 46.5 Å². The van der Waals surface area contributed by atoms with Crippen LogP contribution in [0.2, 0.25) is 0 Å². The normalized spacial score (nSPS) is 12.0. The van der Waals surface area contributed by atoms with E-state index >= 15 is 0 Å². The molecule has 0 aliphatic heterocycles. The van der Waals surface area contributed by atoms with Crippen molar-refractivity contribution in [2.75, 3.05) is 6.61 Å². The molecule has 0 aromatic heterocycles. The van der Waals surface area contributed by atoms with Crippen LogP contribution in [0.1, 0.15) is 51.4 Å². The van der Waals surface area contributed by atoms with Crippen molar-refractivity contribution in [3.05, 3.63) is 30.3 Å². The summed E-state index contributed by atoms with van der Waals surface area (Å²) in [5.41, 5.74) is 0. The number of halogens is 1. The van der Waals surface area contributed by atoms with E-state index < -0.39 is 12.1 Å². The van der Waals surface area contributed by atoms with E-state index in [-0.39, 0.29) is 6.42 Å². The highest BCUT2D eigenvalue weighted by Gasteiger charge is 2.13. The maximum Gasteiger partial charge on any atom is 0.338 e. The first-order chi connectivity index (χ1) is 10.2. The van der Waals surface area contributed by atoms with Crippen LogP contribution in [0.3, 0.4) is 0 Å². The fourth-order valence-electron chi connectivity index (χ4n) is 2.14. The molecule has 0 aliphatic carbocycles. The predicted molar refractivity (Wildman–Crippen MR) is 81.4 cm³/mol. The molecule has 1 unspecified atom stereocenters. The summed E-state index contributed by atoms with van der Waals surface area (Å²) in [5, 5.41) is 8.40. The fourth-order valence-corrected chi connectivity index (χ4v) is 2.14. The van der Waals surface area contributed by atoms with Gasteiger partial charge >= 0.3 is 5.97 Å². The Labute approximate surface area is 126 Å². The maximum absolute atomic E-state index is 12.8. The Hall–Kier alpha value is -1.58. The van der Waals surface area contributed by atoms with Gasteiger partial charge in [0.1, 0.15) is 5.75 Å². The number of hydrogen-bond acceptors (Lipinski definition) is 2. The molecule has 0 aliphatic rings.